The number of imidazole rings is 1. The number of hydrogen-bond donors (Lipinski definition) is 2. The fraction of sp³-hybridized carbons (Fsp3) is 0.625. The molecule has 0 aliphatic carbocycles. The number of sulfonamides is 1. The summed E-state index contributed by atoms with van der Waals surface area (Å²) in [5.74, 6) is 0.587. The number of hydrogen-bond acceptors (Lipinski definition) is 3. The number of aromatic nitrogens is 2. The molecule has 15 heavy (non-hydrogen) atoms. The second-order valence-corrected chi connectivity index (χ2v) is 6.60. The lowest BCUT2D eigenvalue weighted by Crippen LogP contribution is -2.26. The lowest BCUT2D eigenvalue weighted by Gasteiger charge is -2.05. The lowest BCUT2D eigenvalue weighted by atomic mass is 10.3. The highest BCUT2D eigenvalue weighted by Gasteiger charge is 2.15. The normalized spacial score (nSPS) is 14.1. The molecule has 0 amide bonds. The van der Waals surface area contributed by atoms with Gasteiger partial charge in [0, 0.05) is 11.4 Å². The topological polar surface area (TPSA) is 74.8 Å². The predicted molar refractivity (Wildman–Crippen MR) is 61.5 cm³/mol. The van der Waals surface area contributed by atoms with Crippen molar-refractivity contribution in [3.8, 4) is 0 Å². The van der Waals surface area contributed by atoms with E-state index in [-0.39, 0.29) is 5.03 Å². The molecule has 1 heterocycles. The lowest BCUT2D eigenvalue weighted by molar-refractivity contribution is 0.576. The monoisotopic (exact) mass is 295 g/mol. The summed E-state index contributed by atoms with van der Waals surface area (Å²) in [4.78, 5) is 6.82. The van der Waals surface area contributed by atoms with E-state index in [4.69, 9.17) is 0 Å². The summed E-state index contributed by atoms with van der Waals surface area (Å²) in [6.45, 7) is 4.08. The maximum Gasteiger partial charge on any atom is 0.257 e. The van der Waals surface area contributed by atoms with E-state index in [2.05, 4.69) is 30.6 Å². The zero-order valence-electron chi connectivity index (χ0n) is 8.62. The smallest absolute Gasteiger partial charge is 0.257 e. The fourth-order valence-electron chi connectivity index (χ4n) is 1.00. The average molecular weight is 296 g/mol. The van der Waals surface area contributed by atoms with Crippen molar-refractivity contribution in [3.05, 3.63) is 12.0 Å². The summed E-state index contributed by atoms with van der Waals surface area (Å²) in [7, 11) is -3.42. The molecule has 2 N–H and O–H groups in total. The zero-order valence-corrected chi connectivity index (χ0v) is 11.0. The Morgan fingerprint density at radius 3 is 2.80 bits per heavy atom. The Balaban J connectivity index is 2.60. The number of aryl methyl sites for hydroxylation is 1. The van der Waals surface area contributed by atoms with Gasteiger partial charge in [-0.05, 0) is 13.3 Å². The summed E-state index contributed by atoms with van der Waals surface area (Å²) >= 11 is 3.35. The van der Waals surface area contributed by atoms with Gasteiger partial charge in [-0.25, -0.2) is 18.1 Å². The van der Waals surface area contributed by atoms with Crippen molar-refractivity contribution in [1.82, 2.24) is 14.7 Å². The molecule has 0 radical (unpaired) electrons. The van der Waals surface area contributed by atoms with Gasteiger partial charge in [-0.2, -0.15) is 0 Å². The van der Waals surface area contributed by atoms with Crippen LogP contribution in [-0.4, -0.2) is 29.8 Å². The van der Waals surface area contributed by atoms with Crippen LogP contribution in [0.4, 0.5) is 0 Å². The SMILES string of the molecule is Cc1ncc(S(=O)(=O)NCCC(C)Br)[nH]1. The third-order valence-electron chi connectivity index (χ3n) is 1.80. The van der Waals surface area contributed by atoms with Crippen molar-refractivity contribution >= 4 is 26.0 Å². The zero-order chi connectivity index (χ0) is 11.5. The highest BCUT2D eigenvalue weighted by molar-refractivity contribution is 9.09. The molecule has 1 atom stereocenters. The number of nitrogens with zero attached hydrogens (tertiary/aromatic N) is 1. The van der Waals surface area contributed by atoms with Crippen molar-refractivity contribution < 1.29 is 8.42 Å². The van der Waals surface area contributed by atoms with Gasteiger partial charge in [0.25, 0.3) is 10.0 Å². The molecule has 1 unspecified atom stereocenters. The highest BCUT2D eigenvalue weighted by Crippen LogP contribution is 2.06. The second kappa shape index (κ2) is 5.09. The standard InChI is InChI=1S/C8H14BrN3O2S/c1-6(9)3-4-11-15(13,14)8-5-10-7(2)12-8/h5-6,11H,3-4H2,1-2H3,(H,10,12). The first-order valence-electron chi connectivity index (χ1n) is 4.57. The van der Waals surface area contributed by atoms with Gasteiger partial charge < -0.3 is 4.98 Å². The highest BCUT2D eigenvalue weighted by atomic mass is 79.9. The Hall–Kier alpha value is -0.400. The van der Waals surface area contributed by atoms with Crippen LogP contribution in [0.3, 0.4) is 0 Å². The molecule has 0 saturated heterocycles. The molecule has 0 bridgehead atoms. The molecule has 5 nitrogen and oxygen atoms in total. The van der Waals surface area contributed by atoms with Gasteiger partial charge in [-0.3, -0.25) is 0 Å². The maximum absolute atomic E-state index is 11.6. The van der Waals surface area contributed by atoms with Gasteiger partial charge in [0.2, 0.25) is 0 Å². The minimum atomic E-state index is -3.42. The molecule has 1 rings (SSSR count). The molecule has 1 aromatic heterocycles. The largest absolute Gasteiger partial charge is 0.332 e. The first-order chi connectivity index (χ1) is 6.92. The molecule has 0 saturated carbocycles. The van der Waals surface area contributed by atoms with E-state index in [1.165, 1.54) is 6.20 Å². The van der Waals surface area contributed by atoms with Gasteiger partial charge in [-0.1, -0.05) is 22.9 Å². The molecule has 1 aromatic rings. The van der Waals surface area contributed by atoms with Crippen LogP contribution in [0, 0.1) is 6.92 Å². The van der Waals surface area contributed by atoms with Crippen molar-refractivity contribution in [1.29, 1.82) is 0 Å². The van der Waals surface area contributed by atoms with Crippen molar-refractivity contribution in [3.63, 3.8) is 0 Å². The van der Waals surface area contributed by atoms with E-state index in [9.17, 15) is 8.42 Å². The van der Waals surface area contributed by atoms with Crippen LogP contribution in [0.5, 0.6) is 0 Å². The average Bonchev–Trinajstić information content (AvgIpc) is 2.51. The maximum atomic E-state index is 11.6. The van der Waals surface area contributed by atoms with Gasteiger partial charge >= 0.3 is 0 Å². The van der Waals surface area contributed by atoms with Crippen molar-refractivity contribution in [2.45, 2.75) is 30.1 Å². The van der Waals surface area contributed by atoms with E-state index in [0.29, 0.717) is 17.2 Å². The number of aromatic amines is 1. The number of alkyl halides is 1. The van der Waals surface area contributed by atoms with Crippen LogP contribution in [0.1, 0.15) is 19.2 Å². The van der Waals surface area contributed by atoms with Gasteiger partial charge in [0.05, 0.1) is 6.20 Å². The van der Waals surface area contributed by atoms with Crippen molar-refractivity contribution in [2.24, 2.45) is 0 Å². The Kier molecular flexibility index (Phi) is 4.30. The van der Waals surface area contributed by atoms with E-state index < -0.39 is 10.0 Å². The number of rotatable bonds is 5. The summed E-state index contributed by atoms with van der Waals surface area (Å²) in [5.41, 5.74) is 0. The Morgan fingerprint density at radius 2 is 2.33 bits per heavy atom. The Labute approximate surface area is 97.9 Å². The first kappa shape index (κ1) is 12.7. The number of H-pyrrole nitrogens is 1. The van der Waals surface area contributed by atoms with Crippen molar-refractivity contribution in [2.75, 3.05) is 6.54 Å². The molecule has 0 aliphatic rings. The quantitative estimate of drug-likeness (QED) is 0.801. The van der Waals surface area contributed by atoms with Crippen LogP contribution in [0.2, 0.25) is 0 Å². The molecule has 0 aliphatic heterocycles. The minimum absolute atomic E-state index is 0.113. The summed E-state index contributed by atoms with van der Waals surface area (Å²) in [6.07, 6.45) is 2.06. The van der Waals surface area contributed by atoms with E-state index >= 15 is 0 Å². The fourth-order valence-corrected chi connectivity index (χ4v) is 2.25. The summed E-state index contributed by atoms with van der Waals surface area (Å²) < 4.78 is 25.7. The molecule has 0 fully saturated rings. The van der Waals surface area contributed by atoms with Gasteiger partial charge in [0.15, 0.2) is 5.03 Å². The second-order valence-electron chi connectivity index (χ2n) is 3.30. The van der Waals surface area contributed by atoms with Crippen LogP contribution in [-0.2, 0) is 10.0 Å². The molecule has 7 heteroatoms. The third kappa shape index (κ3) is 3.92. The van der Waals surface area contributed by atoms with Gasteiger partial charge in [-0.15, -0.1) is 0 Å². The van der Waals surface area contributed by atoms with E-state index in [0.717, 1.165) is 6.42 Å². The Bertz CT molecular complexity index is 413. The number of halogens is 1. The van der Waals surface area contributed by atoms with Gasteiger partial charge in [0.1, 0.15) is 5.82 Å². The van der Waals surface area contributed by atoms with E-state index in [1.807, 2.05) is 6.92 Å². The van der Waals surface area contributed by atoms with E-state index in [1.54, 1.807) is 6.92 Å². The molecular formula is C8H14BrN3O2S. The number of nitrogens with one attached hydrogen (secondary N) is 2. The summed E-state index contributed by atoms with van der Waals surface area (Å²) in [5, 5.41) is 0.113. The predicted octanol–water partition coefficient (Wildman–Crippen LogP) is 1.17. The Morgan fingerprint density at radius 1 is 1.67 bits per heavy atom. The molecule has 0 aromatic carbocycles. The third-order valence-corrected chi connectivity index (χ3v) is 3.63. The molecule has 86 valence electrons. The van der Waals surface area contributed by atoms with Crippen LogP contribution < -0.4 is 4.72 Å². The van der Waals surface area contributed by atoms with Crippen LogP contribution >= 0.6 is 15.9 Å². The molecular weight excluding hydrogens is 282 g/mol. The first-order valence-corrected chi connectivity index (χ1v) is 6.97. The van der Waals surface area contributed by atoms with Crippen LogP contribution in [0.15, 0.2) is 11.2 Å². The minimum Gasteiger partial charge on any atom is -0.332 e. The summed E-state index contributed by atoms with van der Waals surface area (Å²) in [6, 6.07) is 0. The van der Waals surface area contributed by atoms with Crippen LogP contribution in [0.25, 0.3) is 0 Å². The molecule has 0 spiro atoms.